The Kier molecular flexibility index (Phi) is 5.26. The van der Waals surface area contributed by atoms with Crippen LogP contribution in [0.25, 0.3) is 0 Å². The van der Waals surface area contributed by atoms with E-state index >= 15 is 0 Å². The van der Waals surface area contributed by atoms with Gasteiger partial charge in [0.1, 0.15) is 5.82 Å². The third-order valence-corrected chi connectivity index (χ3v) is 1.92. The Morgan fingerprint density at radius 2 is 1.86 bits per heavy atom. The van der Waals surface area contributed by atoms with Gasteiger partial charge in [0.2, 0.25) is 0 Å². The molecule has 1 rings (SSSR count). The third kappa shape index (κ3) is 3.04. The van der Waals surface area contributed by atoms with Crippen molar-refractivity contribution in [2.75, 3.05) is 0 Å². The van der Waals surface area contributed by atoms with Gasteiger partial charge in [-0.3, -0.25) is 0 Å². The van der Waals surface area contributed by atoms with Crippen molar-refractivity contribution in [1.29, 1.82) is 0 Å². The molecule has 0 bridgehead atoms. The van der Waals surface area contributed by atoms with E-state index in [2.05, 4.69) is 0 Å². The van der Waals surface area contributed by atoms with Gasteiger partial charge in [0, 0.05) is 5.02 Å². The van der Waals surface area contributed by atoms with Gasteiger partial charge in [0.05, 0.1) is 6.04 Å². The third-order valence-electron chi connectivity index (χ3n) is 1.59. The van der Waals surface area contributed by atoms with Crippen LogP contribution in [0.5, 0.6) is 0 Å². The van der Waals surface area contributed by atoms with E-state index in [9.17, 15) is 13.2 Å². The van der Waals surface area contributed by atoms with Crippen molar-refractivity contribution in [3.63, 3.8) is 0 Å². The number of halogens is 5. The van der Waals surface area contributed by atoms with Crippen LogP contribution >= 0.6 is 24.0 Å². The van der Waals surface area contributed by atoms with Gasteiger partial charge in [0.15, 0.2) is 0 Å². The average molecular weight is 246 g/mol. The van der Waals surface area contributed by atoms with E-state index in [0.717, 1.165) is 18.2 Å². The quantitative estimate of drug-likeness (QED) is 0.852. The van der Waals surface area contributed by atoms with Gasteiger partial charge in [-0.25, -0.2) is 13.2 Å². The molecule has 14 heavy (non-hydrogen) atoms. The topological polar surface area (TPSA) is 26.0 Å². The van der Waals surface area contributed by atoms with Crippen molar-refractivity contribution in [3.8, 4) is 0 Å². The van der Waals surface area contributed by atoms with Crippen molar-refractivity contribution in [3.05, 3.63) is 34.6 Å². The molecule has 1 atom stereocenters. The summed E-state index contributed by atoms with van der Waals surface area (Å²) in [6.45, 7) is 0. The van der Waals surface area contributed by atoms with Crippen LogP contribution in [-0.2, 0) is 0 Å². The van der Waals surface area contributed by atoms with E-state index in [1.54, 1.807) is 0 Å². The second-order valence-corrected chi connectivity index (χ2v) is 2.93. The smallest absolute Gasteiger partial charge is 0.257 e. The molecule has 0 aliphatic heterocycles. The summed E-state index contributed by atoms with van der Waals surface area (Å²) in [6.07, 6.45) is -2.71. The largest absolute Gasteiger partial charge is 0.319 e. The summed E-state index contributed by atoms with van der Waals surface area (Å²) in [5, 5.41) is -0.0761. The average Bonchev–Trinajstić information content (AvgIpc) is 2.03. The van der Waals surface area contributed by atoms with Crippen molar-refractivity contribution < 1.29 is 13.2 Å². The summed E-state index contributed by atoms with van der Waals surface area (Å²) in [5.41, 5.74) is 5.19. The Labute approximate surface area is 90.5 Å². The fourth-order valence-corrected chi connectivity index (χ4v) is 1.20. The highest BCUT2D eigenvalue weighted by atomic mass is 35.5. The number of rotatable bonds is 2. The monoisotopic (exact) mass is 245 g/mol. The van der Waals surface area contributed by atoms with Gasteiger partial charge < -0.3 is 5.73 Å². The Morgan fingerprint density at radius 3 is 2.29 bits per heavy atom. The molecule has 0 radical (unpaired) electrons. The Morgan fingerprint density at radius 1 is 1.29 bits per heavy atom. The second kappa shape index (κ2) is 5.44. The fraction of sp³-hybridized carbons (Fsp3) is 0.250. The normalized spacial score (nSPS) is 12.4. The van der Waals surface area contributed by atoms with Crippen molar-refractivity contribution in [1.82, 2.24) is 0 Å². The summed E-state index contributed by atoms with van der Waals surface area (Å²) in [7, 11) is 0. The van der Waals surface area contributed by atoms with E-state index in [-0.39, 0.29) is 23.0 Å². The van der Waals surface area contributed by atoms with Gasteiger partial charge in [-0.05, 0) is 17.7 Å². The van der Waals surface area contributed by atoms with Gasteiger partial charge >= 0.3 is 0 Å². The molecule has 0 aliphatic rings. The van der Waals surface area contributed by atoms with Gasteiger partial charge in [-0.1, -0.05) is 17.7 Å². The van der Waals surface area contributed by atoms with Crippen LogP contribution in [0.15, 0.2) is 18.2 Å². The summed E-state index contributed by atoms with van der Waals surface area (Å²) in [4.78, 5) is 0. The minimum absolute atomic E-state index is 0. The van der Waals surface area contributed by atoms with Crippen LogP contribution in [0.1, 0.15) is 11.6 Å². The minimum atomic E-state index is -2.71. The van der Waals surface area contributed by atoms with E-state index in [1.165, 1.54) is 0 Å². The maximum atomic E-state index is 12.5. The first-order valence-electron chi connectivity index (χ1n) is 3.51. The van der Waals surface area contributed by atoms with Crippen molar-refractivity contribution >= 4 is 24.0 Å². The second-order valence-electron chi connectivity index (χ2n) is 2.53. The Balaban J connectivity index is 0.00000169. The molecule has 6 heteroatoms. The zero-order valence-corrected chi connectivity index (χ0v) is 8.46. The number of alkyl halides is 2. The molecular formula is C8H8Cl2F3N. The highest BCUT2D eigenvalue weighted by Crippen LogP contribution is 2.26. The van der Waals surface area contributed by atoms with Crippen LogP contribution in [0.2, 0.25) is 5.02 Å². The molecule has 0 unspecified atom stereocenters. The standard InChI is InChI=1S/C8H7ClF3N.ClH/c9-6-3-4(10)1-2-5(6)7(13)8(11)12;/h1-3,7-8H,13H2;1H/t7-;/m0./s1. The van der Waals surface area contributed by atoms with Crippen LogP contribution in [0.3, 0.4) is 0 Å². The molecule has 2 N–H and O–H groups in total. The van der Waals surface area contributed by atoms with Crippen LogP contribution < -0.4 is 5.73 Å². The van der Waals surface area contributed by atoms with Gasteiger partial charge in [-0.2, -0.15) is 0 Å². The number of hydrogen-bond acceptors (Lipinski definition) is 1. The lowest BCUT2D eigenvalue weighted by Crippen LogP contribution is -2.19. The minimum Gasteiger partial charge on any atom is -0.319 e. The molecule has 0 spiro atoms. The Bertz CT molecular complexity index is 307. The molecule has 1 aromatic rings. The zero-order valence-electron chi connectivity index (χ0n) is 6.88. The van der Waals surface area contributed by atoms with E-state index < -0.39 is 18.3 Å². The van der Waals surface area contributed by atoms with Crippen molar-refractivity contribution in [2.24, 2.45) is 5.73 Å². The first kappa shape index (κ1) is 13.5. The molecule has 0 saturated carbocycles. The fourth-order valence-electron chi connectivity index (χ4n) is 0.908. The predicted molar refractivity (Wildman–Crippen MR) is 51.6 cm³/mol. The highest BCUT2D eigenvalue weighted by molar-refractivity contribution is 6.31. The molecular weight excluding hydrogens is 238 g/mol. The van der Waals surface area contributed by atoms with Gasteiger partial charge in [0.25, 0.3) is 6.43 Å². The van der Waals surface area contributed by atoms with Crippen molar-refractivity contribution in [2.45, 2.75) is 12.5 Å². The summed E-state index contributed by atoms with van der Waals surface area (Å²) in [5.74, 6) is -0.574. The SMILES string of the molecule is Cl.N[C@@H](c1ccc(F)cc1Cl)C(F)F. The molecule has 1 nitrogen and oxygen atoms in total. The van der Waals surface area contributed by atoms with E-state index in [4.69, 9.17) is 17.3 Å². The summed E-state index contributed by atoms with van der Waals surface area (Å²) >= 11 is 5.52. The molecule has 1 aromatic carbocycles. The molecule has 80 valence electrons. The maximum Gasteiger partial charge on any atom is 0.257 e. The molecule has 0 fully saturated rings. The lowest BCUT2D eigenvalue weighted by Gasteiger charge is -2.11. The number of benzene rings is 1. The first-order chi connectivity index (χ1) is 6.02. The van der Waals surface area contributed by atoms with Crippen LogP contribution in [0.4, 0.5) is 13.2 Å². The van der Waals surface area contributed by atoms with Crippen LogP contribution in [0, 0.1) is 5.82 Å². The summed E-state index contributed by atoms with van der Waals surface area (Å²) < 4.78 is 36.7. The lowest BCUT2D eigenvalue weighted by atomic mass is 10.1. The molecule has 0 heterocycles. The molecule has 0 saturated heterocycles. The highest BCUT2D eigenvalue weighted by Gasteiger charge is 2.19. The lowest BCUT2D eigenvalue weighted by molar-refractivity contribution is 0.116. The van der Waals surface area contributed by atoms with Crippen LogP contribution in [-0.4, -0.2) is 6.43 Å². The van der Waals surface area contributed by atoms with E-state index in [1.807, 2.05) is 0 Å². The van der Waals surface area contributed by atoms with E-state index in [0.29, 0.717) is 0 Å². The maximum absolute atomic E-state index is 12.5. The first-order valence-corrected chi connectivity index (χ1v) is 3.89. The molecule has 0 amide bonds. The van der Waals surface area contributed by atoms with Gasteiger partial charge in [-0.15, -0.1) is 12.4 Å². The number of nitrogens with two attached hydrogens (primary N) is 1. The zero-order chi connectivity index (χ0) is 10.0. The molecule has 0 aliphatic carbocycles. The predicted octanol–water partition coefficient (Wildman–Crippen LogP) is 3.17. The Hall–Kier alpha value is -0.450. The summed E-state index contributed by atoms with van der Waals surface area (Å²) in [6, 6.07) is 1.70. The molecule has 0 aromatic heterocycles. The number of hydrogen-bond donors (Lipinski definition) is 1.